The van der Waals surface area contributed by atoms with Gasteiger partial charge < -0.3 is 19.4 Å². The number of esters is 1. The summed E-state index contributed by atoms with van der Waals surface area (Å²) in [6, 6.07) is 12.2. The molecule has 22 heavy (non-hydrogen) atoms. The van der Waals surface area contributed by atoms with Crippen LogP contribution in [0, 0.1) is 0 Å². The second-order valence-electron chi connectivity index (χ2n) is 5.55. The van der Waals surface area contributed by atoms with E-state index in [0.29, 0.717) is 12.6 Å². The summed E-state index contributed by atoms with van der Waals surface area (Å²) in [4.78, 5) is 13.8. The van der Waals surface area contributed by atoms with Gasteiger partial charge in [0.05, 0.1) is 13.7 Å². The Morgan fingerprint density at radius 2 is 2.18 bits per heavy atom. The van der Waals surface area contributed by atoms with E-state index in [0.717, 1.165) is 18.8 Å². The number of methoxy groups -OCH3 is 1. The van der Waals surface area contributed by atoms with E-state index < -0.39 is 5.97 Å². The molecule has 1 aliphatic heterocycles. The second kappa shape index (κ2) is 6.23. The highest BCUT2D eigenvalue weighted by atomic mass is 16.5. The van der Waals surface area contributed by atoms with Crippen molar-refractivity contribution in [2.45, 2.75) is 26.1 Å². The SMILES string of the molecule is COC(=O)c1ccc(CN2CC(C)NCc3ccccc32)o1. The maximum absolute atomic E-state index is 11.5. The molecule has 1 aliphatic rings. The number of nitrogens with zero attached hydrogens (tertiary/aromatic N) is 1. The Balaban J connectivity index is 1.84. The lowest BCUT2D eigenvalue weighted by Crippen LogP contribution is -2.35. The Morgan fingerprint density at radius 3 is 3.00 bits per heavy atom. The lowest BCUT2D eigenvalue weighted by Gasteiger charge is -2.25. The summed E-state index contributed by atoms with van der Waals surface area (Å²) < 4.78 is 10.3. The summed E-state index contributed by atoms with van der Waals surface area (Å²) in [5.74, 6) is 0.550. The van der Waals surface area contributed by atoms with Crippen LogP contribution in [0.15, 0.2) is 40.8 Å². The molecule has 0 saturated carbocycles. The number of para-hydroxylation sites is 1. The van der Waals surface area contributed by atoms with Gasteiger partial charge in [0.2, 0.25) is 5.76 Å². The maximum atomic E-state index is 11.5. The first-order chi connectivity index (χ1) is 10.7. The van der Waals surface area contributed by atoms with E-state index in [2.05, 4.69) is 40.1 Å². The fourth-order valence-electron chi connectivity index (χ4n) is 2.76. The van der Waals surface area contributed by atoms with Crippen molar-refractivity contribution < 1.29 is 13.9 Å². The van der Waals surface area contributed by atoms with Gasteiger partial charge in [0.25, 0.3) is 0 Å². The molecule has 5 nitrogen and oxygen atoms in total. The van der Waals surface area contributed by atoms with Gasteiger partial charge in [-0.1, -0.05) is 18.2 Å². The minimum absolute atomic E-state index is 0.242. The third-order valence-corrected chi connectivity index (χ3v) is 3.86. The summed E-state index contributed by atoms with van der Waals surface area (Å²) >= 11 is 0. The van der Waals surface area contributed by atoms with Gasteiger partial charge in [-0.05, 0) is 30.7 Å². The van der Waals surface area contributed by atoms with Crippen molar-refractivity contribution in [2.75, 3.05) is 18.6 Å². The van der Waals surface area contributed by atoms with Crippen LogP contribution in [-0.2, 0) is 17.8 Å². The van der Waals surface area contributed by atoms with Gasteiger partial charge in [0, 0.05) is 24.8 Å². The average Bonchev–Trinajstić information content (AvgIpc) is 2.94. The van der Waals surface area contributed by atoms with Crippen LogP contribution in [0.4, 0.5) is 5.69 Å². The van der Waals surface area contributed by atoms with E-state index in [1.165, 1.54) is 18.4 Å². The maximum Gasteiger partial charge on any atom is 0.373 e. The highest BCUT2D eigenvalue weighted by Crippen LogP contribution is 2.25. The third kappa shape index (κ3) is 2.99. The monoisotopic (exact) mass is 300 g/mol. The minimum atomic E-state index is -0.447. The fourth-order valence-corrected chi connectivity index (χ4v) is 2.76. The number of furan rings is 1. The number of hydrogen-bond donors (Lipinski definition) is 1. The van der Waals surface area contributed by atoms with Crippen molar-refractivity contribution >= 4 is 11.7 Å². The number of rotatable bonds is 3. The van der Waals surface area contributed by atoms with E-state index in [-0.39, 0.29) is 5.76 Å². The quantitative estimate of drug-likeness (QED) is 0.883. The predicted molar refractivity (Wildman–Crippen MR) is 83.8 cm³/mol. The van der Waals surface area contributed by atoms with Gasteiger partial charge in [-0.15, -0.1) is 0 Å². The predicted octanol–water partition coefficient (Wildman–Crippen LogP) is 2.56. The Kier molecular flexibility index (Phi) is 4.15. The highest BCUT2D eigenvalue weighted by molar-refractivity contribution is 5.86. The molecule has 0 radical (unpaired) electrons. The molecule has 2 aromatic rings. The number of benzene rings is 1. The second-order valence-corrected chi connectivity index (χ2v) is 5.55. The third-order valence-electron chi connectivity index (χ3n) is 3.86. The molecule has 1 aromatic carbocycles. The van der Waals surface area contributed by atoms with Crippen LogP contribution in [0.2, 0.25) is 0 Å². The summed E-state index contributed by atoms with van der Waals surface area (Å²) in [5.41, 5.74) is 2.47. The first kappa shape index (κ1) is 14.7. The van der Waals surface area contributed by atoms with Crippen LogP contribution >= 0.6 is 0 Å². The zero-order valence-corrected chi connectivity index (χ0v) is 12.8. The average molecular weight is 300 g/mol. The molecular weight excluding hydrogens is 280 g/mol. The molecule has 0 amide bonds. The van der Waals surface area contributed by atoms with Gasteiger partial charge in [0.15, 0.2) is 0 Å². The molecule has 0 spiro atoms. The zero-order valence-electron chi connectivity index (χ0n) is 12.8. The standard InChI is InChI=1S/C17H20N2O3/c1-12-10-19(15-6-4-3-5-13(15)9-18-12)11-14-7-8-16(22-14)17(20)21-2/h3-8,12,18H,9-11H2,1-2H3. The van der Waals surface area contributed by atoms with Crippen molar-refractivity contribution in [3.63, 3.8) is 0 Å². The lowest BCUT2D eigenvalue weighted by atomic mass is 10.1. The highest BCUT2D eigenvalue weighted by Gasteiger charge is 2.20. The van der Waals surface area contributed by atoms with E-state index in [4.69, 9.17) is 4.42 Å². The number of carbonyl (C=O) groups is 1. The van der Waals surface area contributed by atoms with Crippen molar-refractivity contribution in [2.24, 2.45) is 0 Å². The topological polar surface area (TPSA) is 54.7 Å². The molecule has 0 aliphatic carbocycles. The number of nitrogens with one attached hydrogen (secondary N) is 1. The Labute approximate surface area is 129 Å². The Hall–Kier alpha value is -2.27. The van der Waals surface area contributed by atoms with Crippen LogP contribution in [0.5, 0.6) is 0 Å². The van der Waals surface area contributed by atoms with Gasteiger partial charge >= 0.3 is 5.97 Å². The first-order valence-electron chi connectivity index (χ1n) is 7.40. The van der Waals surface area contributed by atoms with E-state index >= 15 is 0 Å². The first-order valence-corrected chi connectivity index (χ1v) is 7.40. The normalized spacial score (nSPS) is 17.7. The summed E-state index contributed by atoms with van der Waals surface area (Å²) in [6.07, 6.45) is 0. The molecule has 0 saturated heterocycles. The Bertz CT molecular complexity index is 665. The molecule has 1 unspecified atom stereocenters. The zero-order chi connectivity index (χ0) is 15.5. The number of fused-ring (bicyclic) bond motifs is 1. The van der Waals surface area contributed by atoms with Crippen molar-refractivity contribution in [3.05, 3.63) is 53.5 Å². The molecule has 2 heterocycles. The van der Waals surface area contributed by atoms with Gasteiger partial charge in [0.1, 0.15) is 5.76 Å². The van der Waals surface area contributed by atoms with Crippen LogP contribution in [0.3, 0.4) is 0 Å². The summed E-state index contributed by atoms with van der Waals surface area (Å²) in [5, 5.41) is 3.50. The van der Waals surface area contributed by atoms with Gasteiger partial charge in [-0.3, -0.25) is 0 Å². The molecule has 0 bridgehead atoms. The van der Waals surface area contributed by atoms with Gasteiger partial charge in [-0.2, -0.15) is 0 Å². The number of ether oxygens (including phenoxy) is 1. The number of anilines is 1. The number of carbonyl (C=O) groups excluding carboxylic acids is 1. The van der Waals surface area contributed by atoms with Gasteiger partial charge in [-0.25, -0.2) is 4.79 Å². The molecule has 1 atom stereocenters. The minimum Gasteiger partial charge on any atom is -0.463 e. The largest absolute Gasteiger partial charge is 0.463 e. The van der Waals surface area contributed by atoms with Crippen molar-refractivity contribution in [3.8, 4) is 0 Å². The van der Waals surface area contributed by atoms with Crippen molar-refractivity contribution in [1.29, 1.82) is 0 Å². The van der Waals surface area contributed by atoms with Crippen molar-refractivity contribution in [1.82, 2.24) is 5.32 Å². The smallest absolute Gasteiger partial charge is 0.373 e. The van der Waals surface area contributed by atoms with Crippen LogP contribution in [0.25, 0.3) is 0 Å². The van der Waals surface area contributed by atoms with E-state index in [1.54, 1.807) is 6.07 Å². The molecule has 1 N–H and O–H groups in total. The molecule has 1 aromatic heterocycles. The van der Waals surface area contributed by atoms with Crippen LogP contribution in [0.1, 0.15) is 28.8 Å². The van der Waals surface area contributed by atoms with Crippen LogP contribution in [-0.4, -0.2) is 25.7 Å². The molecule has 0 fully saturated rings. The molecule has 5 heteroatoms. The summed E-state index contributed by atoms with van der Waals surface area (Å²) in [7, 11) is 1.35. The summed E-state index contributed by atoms with van der Waals surface area (Å²) in [6.45, 7) is 4.53. The number of hydrogen-bond acceptors (Lipinski definition) is 5. The molecule has 3 rings (SSSR count). The molecule has 116 valence electrons. The lowest BCUT2D eigenvalue weighted by molar-refractivity contribution is 0.0563. The fraction of sp³-hybridized carbons (Fsp3) is 0.353. The Morgan fingerprint density at radius 1 is 1.36 bits per heavy atom. The van der Waals surface area contributed by atoms with E-state index in [9.17, 15) is 4.79 Å². The molecular formula is C17H20N2O3. The van der Waals surface area contributed by atoms with E-state index in [1.807, 2.05) is 12.1 Å². The van der Waals surface area contributed by atoms with Crippen LogP contribution < -0.4 is 10.2 Å².